The van der Waals surface area contributed by atoms with Crippen molar-refractivity contribution in [2.45, 2.75) is 38.7 Å². The van der Waals surface area contributed by atoms with E-state index in [9.17, 15) is 18.7 Å². The van der Waals surface area contributed by atoms with Gasteiger partial charge >= 0.3 is 0 Å². The molecule has 2 N–H and O–H groups in total. The van der Waals surface area contributed by atoms with Gasteiger partial charge in [0.25, 0.3) is 12.3 Å². The Hall–Kier alpha value is -1.76. The number of ether oxygens (including phenoxy) is 1. The van der Waals surface area contributed by atoms with Gasteiger partial charge in [-0.2, -0.15) is 0 Å². The Morgan fingerprint density at radius 2 is 2.14 bits per heavy atom. The summed E-state index contributed by atoms with van der Waals surface area (Å²) in [6.07, 6.45) is -0.309. The highest BCUT2D eigenvalue weighted by Gasteiger charge is 2.24. The van der Waals surface area contributed by atoms with E-state index in [4.69, 9.17) is 4.74 Å². The molecular formula is C14H20F2N2O3. The topological polar surface area (TPSA) is 71.5 Å². The average molecular weight is 302 g/mol. The van der Waals surface area contributed by atoms with Gasteiger partial charge < -0.3 is 15.2 Å². The van der Waals surface area contributed by atoms with Gasteiger partial charge in [0.2, 0.25) is 5.88 Å². The quantitative estimate of drug-likeness (QED) is 0.770. The Kier molecular flexibility index (Phi) is 6.48. The minimum Gasteiger partial charge on any atom is -0.471 e. The molecule has 0 spiro atoms. The number of hydrogen-bond donors (Lipinski definition) is 2. The third kappa shape index (κ3) is 5.26. The largest absolute Gasteiger partial charge is 0.471 e. The number of aliphatic hydroxyl groups is 1. The van der Waals surface area contributed by atoms with Crippen LogP contribution in [0.4, 0.5) is 8.78 Å². The van der Waals surface area contributed by atoms with Gasteiger partial charge in [0, 0.05) is 12.7 Å². The second-order valence-corrected chi connectivity index (χ2v) is 4.67. The predicted octanol–water partition coefficient (Wildman–Crippen LogP) is 2.01. The first-order valence-electron chi connectivity index (χ1n) is 6.78. The second kappa shape index (κ2) is 7.87. The zero-order valence-corrected chi connectivity index (χ0v) is 12.1. The highest BCUT2D eigenvalue weighted by Crippen LogP contribution is 2.17. The van der Waals surface area contributed by atoms with E-state index in [1.54, 1.807) is 0 Å². The molecule has 0 aromatic carbocycles. The highest BCUT2D eigenvalue weighted by atomic mass is 19.3. The van der Waals surface area contributed by atoms with Crippen LogP contribution in [0.2, 0.25) is 0 Å². The maximum absolute atomic E-state index is 12.2. The average Bonchev–Trinajstić information content (AvgIpc) is 2.50. The lowest BCUT2D eigenvalue weighted by molar-refractivity contribution is 0.0312. The molecular weight excluding hydrogens is 282 g/mol. The van der Waals surface area contributed by atoms with Crippen molar-refractivity contribution in [2.75, 3.05) is 13.2 Å². The van der Waals surface area contributed by atoms with Gasteiger partial charge in [0.15, 0.2) is 6.61 Å². The van der Waals surface area contributed by atoms with Crippen LogP contribution in [-0.4, -0.2) is 41.2 Å². The van der Waals surface area contributed by atoms with Crippen LogP contribution in [0.3, 0.4) is 0 Å². The van der Waals surface area contributed by atoms with Crippen molar-refractivity contribution >= 4 is 5.91 Å². The van der Waals surface area contributed by atoms with E-state index in [0.717, 1.165) is 0 Å². The number of hydrogen-bond acceptors (Lipinski definition) is 4. The fraction of sp³-hybridized carbons (Fsp3) is 0.571. The molecule has 0 bridgehead atoms. The molecule has 0 radical (unpaired) electrons. The number of amides is 1. The second-order valence-electron chi connectivity index (χ2n) is 4.67. The van der Waals surface area contributed by atoms with Crippen LogP contribution in [-0.2, 0) is 0 Å². The Balaban J connectivity index is 2.74. The molecule has 118 valence electrons. The van der Waals surface area contributed by atoms with Crippen LogP contribution in [0.25, 0.3) is 0 Å². The number of alkyl halides is 2. The number of rotatable bonds is 8. The maximum atomic E-state index is 12.2. The van der Waals surface area contributed by atoms with Crippen LogP contribution in [0, 0.1) is 0 Å². The number of carbonyl (C=O) groups excluding carboxylic acids is 1. The number of pyridine rings is 1. The molecule has 0 aliphatic rings. The van der Waals surface area contributed by atoms with Gasteiger partial charge in [-0.1, -0.05) is 13.8 Å². The summed E-state index contributed by atoms with van der Waals surface area (Å²) in [5.74, 6) is -0.667. The summed E-state index contributed by atoms with van der Waals surface area (Å²) in [6.45, 7) is 2.88. The van der Waals surface area contributed by atoms with Gasteiger partial charge in [-0.05, 0) is 25.0 Å². The monoisotopic (exact) mass is 302 g/mol. The Labute approximate surface area is 122 Å². The van der Waals surface area contributed by atoms with E-state index in [-0.39, 0.29) is 18.0 Å². The fourth-order valence-electron chi connectivity index (χ4n) is 1.66. The summed E-state index contributed by atoms with van der Waals surface area (Å²) in [4.78, 5) is 15.8. The van der Waals surface area contributed by atoms with Crippen LogP contribution in [0.5, 0.6) is 5.88 Å². The van der Waals surface area contributed by atoms with Crippen LogP contribution >= 0.6 is 0 Å². The standard InChI is InChI=1S/C14H20F2N2O3/c1-3-14(20,4-2)9-18-12(19)10-6-5-7-17-13(10)21-8-11(15)16/h5-7,11,20H,3-4,8-9H2,1-2H3,(H,18,19). The Morgan fingerprint density at radius 3 is 2.71 bits per heavy atom. The predicted molar refractivity (Wildman–Crippen MR) is 73.6 cm³/mol. The van der Waals surface area contributed by atoms with Gasteiger partial charge in [-0.3, -0.25) is 4.79 Å². The first kappa shape index (κ1) is 17.3. The third-order valence-corrected chi connectivity index (χ3v) is 3.26. The summed E-state index contributed by atoms with van der Waals surface area (Å²) in [5.41, 5.74) is -0.922. The first-order valence-corrected chi connectivity index (χ1v) is 6.78. The molecule has 7 heteroatoms. The number of nitrogens with one attached hydrogen (secondary N) is 1. The zero-order valence-electron chi connectivity index (χ0n) is 12.1. The van der Waals surface area contributed by atoms with Crippen molar-refractivity contribution in [1.82, 2.24) is 10.3 Å². The first-order chi connectivity index (χ1) is 9.91. The molecule has 0 fully saturated rings. The van der Waals surface area contributed by atoms with E-state index < -0.39 is 24.5 Å². The van der Waals surface area contributed by atoms with Crippen LogP contribution in [0.1, 0.15) is 37.0 Å². The van der Waals surface area contributed by atoms with Gasteiger partial charge in [-0.15, -0.1) is 0 Å². The molecule has 1 rings (SSSR count). The summed E-state index contributed by atoms with van der Waals surface area (Å²) in [6, 6.07) is 2.94. The van der Waals surface area contributed by atoms with E-state index in [1.165, 1.54) is 18.3 Å². The summed E-state index contributed by atoms with van der Waals surface area (Å²) in [5, 5.41) is 12.7. The smallest absolute Gasteiger partial charge is 0.272 e. The summed E-state index contributed by atoms with van der Waals surface area (Å²) < 4.78 is 29.1. The minimum atomic E-state index is -2.65. The third-order valence-electron chi connectivity index (χ3n) is 3.26. The molecule has 1 heterocycles. The molecule has 5 nitrogen and oxygen atoms in total. The van der Waals surface area contributed by atoms with E-state index in [0.29, 0.717) is 12.8 Å². The molecule has 21 heavy (non-hydrogen) atoms. The highest BCUT2D eigenvalue weighted by molar-refractivity contribution is 5.96. The molecule has 0 aliphatic heterocycles. The number of aromatic nitrogens is 1. The number of nitrogens with zero attached hydrogens (tertiary/aromatic N) is 1. The summed E-state index contributed by atoms with van der Waals surface area (Å²) >= 11 is 0. The normalized spacial score (nSPS) is 11.5. The zero-order chi connectivity index (χ0) is 15.9. The summed E-state index contributed by atoms with van der Waals surface area (Å²) in [7, 11) is 0. The van der Waals surface area contributed by atoms with Crippen molar-refractivity contribution in [1.29, 1.82) is 0 Å². The molecule has 1 amide bonds. The molecule has 1 aromatic rings. The molecule has 0 unspecified atom stereocenters. The van der Waals surface area contributed by atoms with Crippen molar-refractivity contribution in [3.8, 4) is 5.88 Å². The lowest BCUT2D eigenvalue weighted by Gasteiger charge is -2.25. The van der Waals surface area contributed by atoms with E-state index in [2.05, 4.69) is 10.3 Å². The number of carbonyl (C=O) groups is 1. The molecule has 0 saturated heterocycles. The van der Waals surface area contributed by atoms with Crippen molar-refractivity contribution in [3.05, 3.63) is 23.9 Å². The SMILES string of the molecule is CCC(O)(CC)CNC(=O)c1cccnc1OCC(F)F. The minimum absolute atomic E-state index is 0.0627. The van der Waals surface area contributed by atoms with E-state index in [1.807, 2.05) is 13.8 Å². The van der Waals surface area contributed by atoms with Crippen molar-refractivity contribution in [3.63, 3.8) is 0 Å². The Bertz CT molecular complexity index is 465. The van der Waals surface area contributed by atoms with Crippen LogP contribution in [0.15, 0.2) is 18.3 Å². The molecule has 0 aliphatic carbocycles. The van der Waals surface area contributed by atoms with Gasteiger partial charge in [0.05, 0.1) is 5.60 Å². The van der Waals surface area contributed by atoms with Crippen LogP contribution < -0.4 is 10.1 Å². The Morgan fingerprint density at radius 1 is 1.48 bits per heavy atom. The van der Waals surface area contributed by atoms with Gasteiger partial charge in [-0.25, -0.2) is 13.8 Å². The lowest BCUT2D eigenvalue weighted by Crippen LogP contribution is -2.42. The fourth-order valence-corrected chi connectivity index (χ4v) is 1.66. The van der Waals surface area contributed by atoms with Crippen molar-refractivity contribution in [2.24, 2.45) is 0 Å². The lowest BCUT2D eigenvalue weighted by atomic mass is 9.97. The molecule has 0 saturated carbocycles. The maximum Gasteiger partial charge on any atom is 0.272 e. The number of halogens is 2. The van der Waals surface area contributed by atoms with Crippen molar-refractivity contribution < 1.29 is 23.4 Å². The molecule has 0 atom stereocenters. The molecule has 1 aromatic heterocycles. The van der Waals surface area contributed by atoms with E-state index >= 15 is 0 Å². The van der Waals surface area contributed by atoms with Gasteiger partial charge in [0.1, 0.15) is 5.56 Å².